The Labute approximate surface area is 347 Å². The molecule has 304 valence electrons. The maximum atomic E-state index is 12.5. The molecule has 6 nitrogen and oxygen atoms in total. The summed E-state index contributed by atoms with van der Waals surface area (Å²) in [5.74, 6) is -0.301. The molecule has 2 rings (SSSR count). The topological polar surface area (TPSA) is 71.1 Å². The van der Waals surface area contributed by atoms with Crippen molar-refractivity contribution in [2.45, 2.75) is 141 Å². The van der Waals surface area contributed by atoms with Crippen LogP contribution in [-0.4, -0.2) is 64.2 Å². The first kappa shape index (κ1) is 54.0. The van der Waals surface area contributed by atoms with Gasteiger partial charge in [0, 0.05) is 4.83 Å². The minimum Gasteiger partial charge on any atom is -0.465 e. The van der Waals surface area contributed by atoms with Gasteiger partial charge in [0.2, 0.25) is 0 Å². The number of hydrogen-bond acceptors (Lipinski definition) is 6. The van der Waals surface area contributed by atoms with Crippen LogP contribution in [-0.2, 0) is 27.3 Å². The third-order valence-electron chi connectivity index (χ3n) is 7.85. The molecule has 0 aliphatic carbocycles. The van der Waals surface area contributed by atoms with Gasteiger partial charge in [-0.1, -0.05) is 125 Å². The van der Waals surface area contributed by atoms with Gasteiger partial charge in [-0.2, -0.15) is 0 Å². The van der Waals surface area contributed by atoms with Crippen LogP contribution in [0.25, 0.3) is 6.08 Å². The third kappa shape index (κ3) is 28.0. The second kappa shape index (κ2) is 27.5. The van der Waals surface area contributed by atoms with Gasteiger partial charge in [0.15, 0.2) is 34.7 Å². The molecule has 0 heterocycles. The number of benzene rings is 2. The molecule has 0 saturated heterocycles. The summed E-state index contributed by atoms with van der Waals surface area (Å²) in [6, 6.07) is 22.5. The number of esters is 2. The van der Waals surface area contributed by atoms with Gasteiger partial charge in [-0.15, -0.1) is 0 Å². The molecule has 2 aromatic carbocycles. The van der Waals surface area contributed by atoms with Crippen LogP contribution in [0.3, 0.4) is 0 Å². The Morgan fingerprint density at radius 3 is 1.49 bits per heavy atom. The number of carbonyl (C=O) groups excluding carboxylic acids is 2. The number of hydrogen-bond donors (Lipinski definition) is 0. The maximum absolute atomic E-state index is 12.5. The van der Waals surface area contributed by atoms with Gasteiger partial charge in [0.25, 0.3) is 0 Å². The third-order valence-corrected chi connectivity index (χ3v) is 21.0. The van der Waals surface area contributed by atoms with Crippen molar-refractivity contribution in [3.8, 4) is 0 Å². The lowest BCUT2D eigenvalue weighted by Crippen LogP contribution is -2.35. The quantitative estimate of drug-likeness (QED) is 0.0570. The Kier molecular flexibility index (Phi) is 28.0. The first-order valence-corrected chi connectivity index (χ1v) is 32.3. The highest BCUT2D eigenvalue weighted by Crippen LogP contribution is 2.36. The summed E-state index contributed by atoms with van der Waals surface area (Å²) in [7, 11) is -4.88. The van der Waals surface area contributed by atoms with Crippen LogP contribution < -0.4 is 0 Å². The molecule has 0 saturated carbocycles. The Bertz CT molecular complexity index is 1270. The van der Waals surface area contributed by atoms with Gasteiger partial charge in [-0.3, -0.25) is 9.59 Å². The molecule has 1 unspecified atom stereocenters. The fraction of sp³-hybridized carbons (Fsp3) is 0.610. The number of alkyl halides is 2. The van der Waals surface area contributed by atoms with Gasteiger partial charge in [-0.05, 0) is 123 Å². The van der Waals surface area contributed by atoms with Gasteiger partial charge >= 0.3 is 11.9 Å². The highest BCUT2D eigenvalue weighted by atomic mass is 79.9. The van der Waals surface area contributed by atoms with E-state index >= 15 is 0 Å². The zero-order chi connectivity index (χ0) is 40.0. The molecule has 0 aliphatic heterocycles. The first-order valence-electron chi connectivity index (χ1n) is 18.8. The summed E-state index contributed by atoms with van der Waals surface area (Å²) in [4.78, 5) is 24.1. The molecular weight excluding hydrogens is 861 g/mol. The summed E-state index contributed by atoms with van der Waals surface area (Å²) < 4.78 is 22.4. The van der Waals surface area contributed by atoms with Crippen molar-refractivity contribution in [2.24, 2.45) is 5.41 Å². The normalized spacial score (nSPS) is 12.4. The SMILES string of the molecule is C.C=Cc1ccccc1.C[SiH](C)O[Si](C)(C)CCCCOC(=O)C(C)(C)Br.C[SiH](C)O[Si](C)(C)CCCCOC(=O)C(C)(C)CC(Br)c1ccccc1. The molecular formula is C41H74Br2O6Si4. The summed E-state index contributed by atoms with van der Waals surface area (Å²) in [6.07, 6.45) is 6.53. The molecule has 0 radical (unpaired) electrons. The Morgan fingerprint density at radius 2 is 1.13 bits per heavy atom. The average Bonchev–Trinajstić information content (AvgIpc) is 3.03. The van der Waals surface area contributed by atoms with Crippen molar-refractivity contribution in [3.63, 3.8) is 0 Å². The van der Waals surface area contributed by atoms with Gasteiger partial charge in [0.1, 0.15) is 4.32 Å². The summed E-state index contributed by atoms with van der Waals surface area (Å²) in [5.41, 5.74) is 1.85. The second-order valence-electron chi connectivity index (χ2n) is 16.1. The van der Waals surface area contributed by atoms with E-state index in [0.29, 0.717) is 19.6 Å². The molecule has 0 N–H and O–H groups in total. The highest BCUT2D eigenvalue weighted by Gasteiger charge is 2.32. The largest absolute Gasteiger partial charge is 0.465 e. The molecule has 0 bridgehead atoms. The second-order valence-corrected chi connectivity index (χ2v) is 33.3. The molecule has 53 heavy (non-hydrogen) atoms. The molecule has 12 heteroatoms. The highest BCUT2D eigenvalue weighted by molar-refractivity contribution is 9.10. The van der Waals surface area contributed by atoms with E-state index in [1.54, 1.807) is 13.8 Å². The van der Waals surface area contributed by atoms with E-state index in [1.807, 2.05) is 68.5 Å². The zero-order valence-electron chi connectivity index (χ0n) is 34.4. The fourth-order valence-electron chi connectivity index (χ4n) is 5.30. The summed E-state index contributed by atoms with van der Waals surface area (Å²) in [6.45, 7) is 30.2. The smallest absolute Gasteiger partial charge is 0.322 e. The Morgan fingerprint density at radius 1 is 0.736 bits per heavy atom. The van der Waals surface area contributed by atoms with E-state index in [1.165, 1.54) is 11.1 Å². The van der Waals surface area contributed by atoms with Crippen LogP contribution in [0.4, 0.5) is 0 Å². The Hall–Kier alpha value is -1.13. The summed E-state index contributed by atoms with van der Waals surface area (Å²) in [5, 5.41) is 0. The molecule has 1 atom stereocenters. The van der Waals surface area contributed by atoms with E-state index in [0.717, 1.165) is 37.8 Å². The van der Waals surface area contributed by atoms with Crippen LogP contribution in [0.2, 0.25) is 64.5 Å². The van der Waals surface area contributed by atoms with Crippen molar-refractivity contribution in [1.29, 1.82) is 0 Å². The van der Waals surface area contributed by atoms with Crippen molar-refractivity contribution >= 4 is 84.6 Å². The van der Waals surface area contributed by atoms with Crippen molar-refractivity contribution in [2.75, 3.05) is 13.2 Å². The van der Waals surface area contributed by atoms with E-state index in [4.69, 9.17) is 17.7 Å². The monoisotopic (exact) mass is 932 g/mol. The molecule has 0 amide bonds. The minimum absolute atomic E-state index is 0. The number of halogens is 2. The van der Waals surface area contributed by atoms with E-state index < -0.39 is 44.5 Å². The van der Waals surface area contributed by atoms with Crippen LogP contribution in [0.5, 0.6) is 0 Å². The van der Waals surface area contributed by atoms with Crippen LogP contribution >= 0.6 is 31.9 Å². The standard InChI is InChI=1S/C20H35BrO3Si2.C12H27BrO3Si2.C8H8.CH4/c1-20(2,16-18(21)17-12-8-7-9-13-17)19(22)23-14-10-11-15-26(5,6)24-25(3)4;1-12(2,13)11(14)15-9-7-8-10-18(5,6)16-17(3)4;1-2-8-6-4-3-5-7-8;/h7-9,12-13,18,25H,10-11,14-16H2,1-6H3;17H,7-10H2,1-6H3;2-7H,1H2;1H4. The zero-order valence-corrected chi connectivity index (χ0v) is 41.8. The summed E-state index contributed by atoms with van der Waals surface area (Å²) >= 11 is 7.00. The van der Waals surface area contributed by atoms with Gasteiger partial charge in [0.05, 0.1) is 18.6 Å². The van der Waals surface area contributed by atoms with Crippen LogP contribution in [0.15, 0.2) is 67.2 Å². The predicted molar refractivity (Wildman–Crippen MR) is 248 cm³/mol. The lowest BCUT2D eigenvalue weighted by molar-refractivity contribution is -0.154. The maximum Gasteiger partial charge on any atom is 0.322 e. The van der Waals surface area contributed by atoms with E-state index in [2.05, 4.69) is 103 Å². The average molecular weight is 935 g/mol. The Balaban J connectivity index is 0. The number of ether oxygens (including phenoxy) is 2. The van der Waals surface area contributed by atoms with Gasteiger partial charge in [-0.25, -0.2) is 0 Å². The lowest BCUT2D eigenvalue weighted by Gasteiger charge is -2.26. The van der Waals surface area contributed by atoms with Gasteiger partial charge < -0.3 is 17.7 Å². The number of unbranched alkanes of at least 4 members (excludes halogenated alkanes) is 2. The van der Waals surface area contributed by atoms with Crippen molar-refractivity contribution in [1.82, 2.24) is 0 Å². The van der Waals surface area contributed by atoms with Crippen molar-refractivity contribution in [3.05, 3.63) is 78.4 Å². The molecule has 0 aliphatic rings. The molecule has 0 aromatic heterocycles. The fourth-order valence-corrected chi connectivity index (χ4v) is 19.9. The van der Waals surface area contributed by atoms with Crippen LogP contribution in [0, 0.1) is 5.41 Å². The molecule has 0 fully saturated rings. The number of carbonyl (C=O) groups is 2. The lowest BCUT2D eigenvalue weighted by atomic mass is 9.86. The number of rotatable bonds is 20. The van der Waals surface area contributed by atoms with E-state index in [9.17, 15) is 9.59 Å². The predicted octanol–water partition coefficient (Wildman–Crippen LogP) is 12.7. The van der Waals surface area contributed by atoms with E-state index in [-0.39, 0.29) is 24.2 Å². The first-order chi connectivity index (χ1) is 24.0. The molecule has 0 spiro atoms. The van der Waals surface area contributed by atoms with Crippen LogP contribution in [0.1, 0.15) is 83.2 Å². The van der Waals surface area contributed by atoms with Crippen molar-refractivity contribution < 1.29 is 27.3 Å². The molecule has 2 aromatic rings. The minimum atomic E-state index is -1.52.